The molecule has 2 aromatic carbocycles. The highest BCUT2D eigenvalue weighted by molar-refractivity contribution is 5.93. The maximum Gasteiger partial charge on any atom is 0.265 e. The SMILES string of the molecule is CCOC(C=C=O)(NNC(=O)c1ccccc1)c1ccccc1. The van der Waals surface area contributed by atoms with Gasteiger partial charge in [-0.2, -0.15) is 5.43 Å². The van der Waals surface area contributed by atoms with Crippen LogP contribution in [0.3, 0.4) is 0 Å². The van der Waals surface area contributed by atoms with Crippen LogP contribution in [0.15, 0.2) is 66.7 Å². The zero-order valence-electron chi connectivity index (χ0n) is 12.8. The Hall–Kier alpha value is -2.72. The number of rotatable bonds is 7. The number of benzene rings is 2. The van der Waals surface area contributed by atoms with E-state index in [0.29, 0.717) is 17.7 Å². The van der Waals surface area contributed by atoms with Crippen molar-refractivity contribution in [2.75, 3.05) is 6.61 Å². The number of hydrazine groups is 1. The molecule has 23 heavy (non-hydrogen) atoms. The second-order valence-corrected chi connectivity index (χ2v) is 4.74. The number of carbonyl (C=O) groups is 1. The van der Waals surface area contributed by atoms with E-state index in [4.69, 9.17) is 4.74 Å². The molecule has 0 aromatic heterocycles. The predicted molar refractivity (Wildman–Crippen MR) is 87.1 cm³/mol. The van der Waals surface area contributed by atoms with Crippen molar-refractivity contribution in [2.24, 2.45) is 0 Å². The number of hydrogen-bond acceptors (Lipinski definition) is 4. The lowest BCUT2D eigenvalue weighted by Gasteiger charge is -2.31. The molecular formula is C18H18N2O3. The molecule has 0 saturated heterocycles. The fourth-order valence-corrected chi connectivity index (χ4v) is 2.16. The number of hydrogen-bond donors (Lipinski definition) is 2. The van der Waals surface area contributed by atoms with Crippen LogP contribution >= 0.6 is 0 Å². The van der Waals surface area contributed by atoms with Gasteiger partial charge in [-0.25, -0.2) is 4.79 Å². The van der Waals surface area contributed by atoms with Crippen molar-refractivity contribution >= 4 is 11.8 Å². The van der Waals surface area contributed by atoms with Gasteiger partial charge in [0, 0.05) is 17.7 Å². The van der Waals surface area contributed by atoms with Gasteiger partial charge in [0.15, 0.2) is 5.72 Å². The van der Waals surface area contributed by atoms with Crippen LogP contribution in [0.2, 0.25) is 0 Å². The molecule has 5 nitrogen and oxygen atoms in total. The maximum absolute atomic E-state index is 12.2. The van der Waals surface area contributed by atoms with Gasteiger partial charge in [0.2, 0.25) is 0 Å². The zero-order chi connectivity index (χ0) is 16.5. The third kappa shape index (κ3) is 4.14. The Bertz CT molecular complexity index is 682. The van der Waals surface area contributed by atoms with Crippen molar-refractivity contribution in [3.05, 3.63) is 77.9 Å². The topological polar surface area (TPSA) is 67.4 Å². The molecule has 0 heterocycles. The Morgan fingerprint density at radius 3 is 2.30 bits per heavy atom. The molecule has 2 aromatic rings. The molecule has 1 atom stereocenters. The summed E-state index contributed by atoms with van der Waals surface area (Å²) in [6, 6.07) is 17.8. The minimum absolute atomic E-state index is 0.329. The van der Waals surface area contributed by atoms with E-state index in [2.05, 4.69) is 10.9 Å². The quantitative estimate of drug-likeness (QED) is 0.467. The molecule has 1 amide bonds. The third-order valence-electron chi connectivity index (χ3n) is 3.23. The molecule has 0 radical (unpaired) electrons. The lowest BCUT2D eigenvalue weighted by Crippen LogP contribution is -2.52. The van der Waals surface area contributed by atoms with Crippen LogP contribution in [0.4, 0.5) is 0 Å². The standard InChI is InChI=1S/C18H18N2O3/c1-2-23-18(13-14-21,16-11-7-4-8-12-16)20-19-17(22)15-9-5-3-6-10-15/h3-13,20H,2H2,1H3,(H,19,22). The summed E-state index contributed by atoms with van der Waals surface area (Å²) in [5, 5.41) is 0. The number of carbonyl (C=O) groups excluding carboxylic acids is 2. The smallest absolute Gasteiger partial charge is 0.265 e. The molecule has 5 heteroatoms. The third-order valence-corrected chi connectivity index (χ3v) is 3.23. The van der Waals surface area contributed by atoms with Crippen molar-refractivity contribution < 1.29 is 14.3 Å². The van der Waals surface area contributed by atoms with Crippen LogP contribution in [-0.2, 0) is 15.3 Å². The van der Waals surface area contributed by atoms with Gasteiger partial charge in [0.25, 0.3) is 5.91 Å². The molecule has 1 unspecified atom stereocenters. The minimum Gasteiger partial charge on any atom is -0.351 e. The minimum atomic E-state index is -1.28. The number of amides is 1. The first-order valence-electron chi connectivity index (χ1n) is 7.26. The fourth-order valence-electron chi connectivity index (χ4n) is 2.16. The Kier molecular flexibility index (Phi) is 5.83. The van der Waals surface area contributed by atoms with E-state index < -0.39 is 5.72 Å². The molecule has 118 valence electrons. The Labute approximate surface area is 134 Å². The summed E-state index contributed by atoms with van der Waals surface area (Å²) < 4.78 is 5.70. The summed E-state index contributed by atoms with van der Waals surface area (Å²) in [7, 11) is 0. The molecule has 0 spiro atoms. The summed E-state index contributed by atoms with van der Waals surface area (Å²) >= 11 is 0. The molecule has 2 rings (SSSR count). The van der Waals surface area contributed by atoms with Crippen LogP contribution < -0.4 is 10.9 Å². The van der Waals surface area contributed by atoms with Crippen molar-refractivity contribution in [3.63, 3.8) is 0 Å². The van der Waals surface area contributed by atoms with E-state index >= 15 is 0 Å². The lowest BCUT2D eigenvalue weighted by atomic mass is 10.0. The Morgan fingerprint density at radius 2 is 1.74 bits per heavy atom. The molecule has 0 aliphatic carbocycles. The van der Waals surface area contributed by atoms with E-state index in [1.807, 2.05) is 24.3 Å². The largest absolute Gasteiger partial charge is 0.351 e. The summed E-state index contributed by atoms with van der Waals surface area (Å²) in [5.41, 5.74) is 5.29. The van der Waals surface area contributed by atoms with Crippen molar-refractivity contribution in [3.8, 4) is 0 Å². The summed E-state index contributed by atoms with van der Waals surface area (Å²) in [6.45, 7) is 2.14. The summed E-state index contributed by atoms with van der Waals surface area (Å²) in [6.07, 6.45) is 1.21. The first-order valence-corrected chi connectivity index (χ1v) is 7.26. The molecule has 0 aliphatic rings. The molecule has 2 N–H and O–H groups in total. The van der Waals surface area contributed by atoms with Gasteiger partial charge >= 0.3 is 0 Å². The highest BCUT2D eigenvalue weighted by atomic mass is 16.5. The Morgan fingerprint density at radius 1 is 1.13 bits per heavy atom. The Balaban J connectivity index is 2.24. The van der Waals surface area contributed by atoms with E-state index in [1.54, 1.807) is 49.3 Å². The van der Waals surface area contributed by atoms with Crippen LogP contribution in [0.1, 0.15) is 22.8 Å². The number of ether oxygens (including phenoxy) is 1. The molecular weight excluding hydrogens is 292 g/mol. The average molecular weight is 310 g/mol. The molecule has 0 aliphatic heterocycles. The van der Waals surface area contributed by atoms with Gasteiger partial charge in [-0.15, -0.1) is 0 Å². The van der Waals surface area contributed by atoms with E-state index in [0.717, 1.165) is 0 Å². The van der Waals surface area contributed by atoms with Crippen molar-refractivity contribution in [1.82, 2.24) is 10.9 Å². The second kappa shape index (κ2) is 8.06. The first kappa shape index (κ1) is 16.6. The van der Waals surface area contributed by atoms with Crippen LogP contribution in [0, 0.1) is 0 Å². The molecule has 0 bridgehead atoms. The van der Waals surface area contributed by atoms with Gasteiger partial charge in [-0.05, 0) is 19.1 Å². The van der Waals surface area contributed by atoms with Gasteiger partial charge in [-0.1, -0.05) is 48.5 Å². The number of nitrogens with one attached hydrogen (secondary N) is 2. The van der Waals surface area contributed by atoms with E-state index in [-0.39, 0.29) is 5.91 Å². The molecule has 0 fully saturated rings. The van der Waals surface area contributed by atoms with Crippen molar-refractivity contribution in [1.29, 1.82) is 0 Å². The molecule has 0 saturated carbocycles. The van der Waals surface area contributed by atoms with Gasteiger partial charge in [0.05, 0.1) is 6.08 Å². The van der Waals surface area contributed by atoms with Gasteiger partial charge in [-0.3, -0.25) is 10.2 Å². The van der Waals surface area contributed by atoms with Crippen LogP contribution in [0.25, 0.3) is 0 Å². The van der Waals surface area contributed by atoms with Crippen molar-refractivity contribution in [2.45, 2.75) is 12.6 Å². The summed E-state index contributed by atoms with van der Waals surface area (Å²) in [4.78, 5) is 23.2. The van der Waals surface area contributed by atoms with E-state index in [1.165, 1.54) is 6.08 Å². The predicted octanol–water partition coefficient (Wildman–Crippen LogP) is 2.20. The first-order chi connectivity index (χ1) is 11.2. The van der Waals surface area contributed by atoms with Gasteiger partial charge in [0.1, 0.15) is 5.94 Å². The summed E-state index contributed by atoms with van der Waals surface area (Å²) in [5.74, 6) is 1.41. The normalized spacial score (nSPS) is 12.7. The maximum atomic E-state index is 12.2. The van der Waals surface area contributed by atoms with E-state index in [9.17, 15) is 9.59 Å². The highest BCUT2D eigenvalue weighted by Gasteiger charge is 2.31. The lowest BCUT2D eigenvalue weighted by molar-refractivity contribution is -0.0399. The fraction of sp³-hybridized carbons (Fsp3) is 0.167. The van der Waals surface area contributed by atoms with Crippen LogP contribution in [0.5, 0.6) is 0 Å². The van der Waals surface area contributed by atoms with Gasteiger partial charge < -0.3 is 4.74 Å². The zero-order valence-corrected chi connectivity index (χ0v) is 12.8. The monoisotopic (exact) mass is 310 g/mol. The second-order valence-electron chi connectivity index (χ2n) is 4.74. The highest BCUT2D eigenvalue weighted by Crippen LogP contribution is 2.23. The average Bonchev–Trinajstić information content (AvgIpc) is 2.61. The van der Waals surface area contributed by atoms with Crippen LogP contribution in [-0.4, -0.2) is 18.5 Å².